The summed E-state index contributed by atoms with van der Waals surface area (Å²) < 4.78 is 0. The van der Waals surface area contributed by atoms with E-state index in [1.54, 1.807) is 6.08 Å². The molecule has 0 radical (unpaired) electrons. The summed E-state index contributed by atoms with van der Waals surface area (Å²) in [5, 5.41) is 0. The summed E-state index contributed by atoms with van der Waals surface area (Å²) in [6.45, 7) is 14.6. The molecule has 63 heavy (non-hydrogen) atoms. The Morgan fingerprint density at radius 1 is 0.540 bits per heavy atom. The van der Waals surface area contributed by atoms with E-state index in [1.807, 2.05) is 111 Å². The molecule has 0 amide bonds. The molecule has 0 aliphatic rings. The summed E-state index contributed by atoms with van der Waals surface area (Å²) in [6, 6.07) is 55.5. The third kappa shape index (κ3) is 10.2. The minimum absolute atomic E-state index is 0.386. The Hall–Kier alpha value is -8.22. The van der Waals surface area contributed by atoms with Crippen molar-refractivity contribution in [3.8, 4) is 56.2 Å². The molecule has 0 aliphatic carbocycles. The van der Waals surface area contributed by atoms with Gasteiger partial charge in [0.1, 0.15) is 0 Å². The highest BCUT2D eigenvalue weighted by atomic mass is 14.9. The highest BCUT2D eigenvalue weighted by Gasteiger charge is 2.18. The maximum Gasteiger partial charge on any atom is 0.155 e. The van der Waals surface area contributed by atoms with E-state index in [0.717, 1.165) is 89.7 Å². The number of hydrogen-bond acceptors (Lipinski definition) is 5. The summed E-state index contributed by atoms with van der Waals surface area (Å²) >= 11 is 0. The van der Waals surface area contributed by atoms with Crippen LogP contribution in [0.15, 0.2) is 242 Å². The van der Waals surface area contributed by atoms with Crippen LogP contribution in [-0.2, 0) is 6.54 Å². The van der Waals surface area contributed by atoms with Crippen LogP contribution in [-0.4, -0.2) is 31.5 Å². The zero-order chi connectivity index (χ0) is 43.8. The van der Waals surface area contributed by atoms with Crippen molar-refractivity contribution in [3.05, 3.63) is 249 Å². The SMILES string of the molecule is C=C.C=C/C=C(C(=NCc1ccccc1-c1cccc(-c2ncccc2-c2ccccn2)c1)N=C(C)c1ccccc1)\C(=C/C)c1cccc(-c2ncccc2-c2ccccn2)c1. The molecule has 0 fully saturated rings. The molecule has 6 nitrogen and oxygen atoms in total. The van der Waals surface area contributed by atoms with Crippen LogP contribution in [0.1, 0.15) is 30.5 Å². The smallest absolute Gasteiger partial charge is 0.155 e. The maximum atomic E-state index is 5.36. The number of allylic oxidation sites excluding steroid dienone is 3. The largest absolute Gasteiger partial charge is 0.261 e. The van der Waals surface area contributed by atoms with Gasteiger partial charge in [-0.3, -0.25) is 24.9 Å². The highest BCUT2D eigenvalue weighted by Crippen LogP contribution is 2.35. The van der Waals surface area contributed by atoms with Crippen LogP contribution >= 0.6 is 0 Å². The van der Waals surface area contributed by atoms with Crippen molar-refractivity contribution in [2.45, 2.75) is 20.4 Å². The normalized spacial score (nSPS) is 12.0. The molecule has 8 rings (SSSR count). The van der Waals surface area contributed by atoms with E-state index < -0.39 is 0 Å². The Balaban J connectivity index is 0.00000293. The van der Waals surface area contributed by atoms with Gasteiger partial charge in [0.05, 0.1) is 29.3 Å². The Bertz CT molecular complexity index is 2930. The molecule has 0 bridgehead atoms. The van der Waals surface area contributed by atoms with Crippen molar-refractivity contribution < 1.29 is 0 Å². The van der Waals surface area contributed by atoms with Crippen molar-refractivity contribution in [2.75, 3.05) is 0 Å². The first-order valence-electron chi connectivity index (χ1n) is 20.8. The Morgan fingerprint density at radius 3 is 1.70 bits per heavy atom. The molecule has 0 spiro atoms. The molecule has 0 N–H and O–H groups in total. The molecule has 4 heterocycles. The van der Waals surface area contributed by atoms with Gasteiger partial charge < -0.3 is 0 Å². The van der Waals surface area contributed by atoms with E-state index in [1.165, 1.54) is 0 Å². The van der Waals surface area contributed by atoms with Crippen LogP contribution in [0.2, 0.25) is 0 Å². The van der Waals surface area contributed by atoms with Crippen LogP contribution in [0.4, 0.5) is 0 Å². The van der Waals surface area contributed by atoms with E-state index in [2.05, 4.69) is 133 Å². The lowest BCUT2D eigenvalue weighted by molar-refractivity contribution is 1.06. The van der Waals surface area contributed by atoms with Gasteiger partial charge in [0.2, 0.25) is 0 Å². The number of aliphatic imine (C=N–C) groups is 2. The Kier molecular flexibility index (Phi) is 14.5. The number of amidine groups is 1. The van der Waals surface area contributed by atoms with E-state index in [4.69, 9.17) is 20.0 Å². The van der Waals surface area contributed by atoms with Gasteiger partial charge in [-0.2, -0.15) is 0 Å². The van der Waals surface area contributed by atoms with Crippen molar-refractivity contribution in [1.29, 1.82) is 0 Å². The van der Waals surface area contributed by atoms with Gasteiger partial charge in [0.15, 0.2) is 5.84 Å². The minimum Gasteiger partial charge on any atom is -0.261 e. The Morgan fingerprint density at radius 2 is 1.08 bits per heavy atom. The van der Waals surface area contributed by atoms with Crippen LogP contribution in [0.25, 0.3) is 61.7 Å². The molecular formula is C57H48N6. The summed E-state index contributed by atoms with van der Waals surface area (Å²) in [4.78, 5) is 29.5. The lowest BCUT2D eigenvalue weighted by Crippen LogP contribution is -2.08. The fraction of sp³-hybridized carbons (Fsp3) is 0.0526. The average Bonchev–Trinajstić information content (AvgIpc) is 3.37. The molecule has 0 saturated heterocycles. The van der Waals surface area contributed by atoms with Crippen molar-refractivity contribution >= 4 is 17.1 Å². The van der Waals surface area contributed by atoms with Gasteiger partial charge in [-0.1, -0.05) is 128 Å². The van der Waals surface area contributed by atoms with E-state index in [0.29, 0.717) is 12.4 Å². The molecule has 6 heteroatoms. The van der Waals surface area contributed by atoms with Gasteiger partial charge in [0.25, 0.3) is 0 Å². The zero-order valence-corrected chi connectivity index (χ0v) is 35.6. The van der Waals surface area contributed by atoms with Crippen LogP contribution in [0, 0.1) is 0 Å². The molecular weight excluding hydrogens is 769 g/mol. The molecule has 4 aromatic heterocycles. The van der Waals surface area contributed by atoms with Gasteiger partial charge in [-0.15, -0.1) is 13.2 Å². The number of rotatable bonds is 12. The van der Waals surface area contributed by atoms with Crippen LogP contribution in [0.5, 0.6) is 0 Å². The summed E-state index contributed by atoms with van der Waals surface area (Å²) in [6.07, 6.45) is 13.2. The molecule has 306 valence electrons. The van der Waals surface area contributed by atoms with Gasteiger partial charge in [-0.25, -0.2) is 4.99 Å². The first-order chi connectivity index (χ1) is 31.1. The maximum absolute atomic E-state index is 5.36. The average molecular weight is 817 g/mol. The molecule has 8 aromatic rings. The number of hydrogen-bond donors (Lipinski definition) is 0. The van der Waals surface area contributed by atoms with Gasteiger partial charge in [0, 0.05) is 58.3 Å². The first-order valence-corrected chi connectivity index (χ1v) is 20.8. The van der Waals surface area contributed by atoms with Crippen molar-refractivity contribution in [3.63, 3.8) is 0 Å². The number of aromatic nitrogens is 4. The lowest BCUT2D eigenvalue weighted by atomic mass is 9.93. The monoisotopic (exact) mass is 816 g/mol. The second-order valence-corrected chi connectivity index (χ2v) is 14.3. The fourth-order valence-electron chi connectivity index (χ4n) is 7.46. The molecule has 0 atom stereocenters. The summed E-state index contributed by atoms with van der Waals surface area (Å²) in [7, 11) is 0. The molecule has 4 aromatic carbocycles. The predicted molar refractivity (Wildman–Crippen MR) is 264 cm³/mol. The van der Waals surface area contributed by atoms with Crippen LogP contribution < -0.4 is 0 Å². The lowest BCUT2D eigenvalue weighted by Gasteiger charge is -2.16. The Labute approximate surface area is 370 Å². The molecule has 0 saturated carbocycles. The first kappa shape index (κ1) is 42.9. The highest BCUT2D eigenvalue weighted by molar-refractivity contribution is 6.18. The topological polar surface area (TPSA) is 76.3 Å². The number of pyridine rings is 4. The minimum atomic E-state index is 0.386. The fourth-order valence-corrected chi connectivity index (χ4v) is 7.46. The predicted octanol–water partition coefficient (Wildman–Crippen LogP) is 14.0. The van der Waals surface area contributed by atoms with Crippen molar-refractivity contribution in [2.24, 2.45) is 9.98 Å². The number of benzene rings is 4. The van der Waals surface area contributed by atoms with Crippen molar-refractivity contribution in [1.82, 2.24) is 19.9 Å². The molecule has 0 unspecified atom stereocenters. The summed E-state index contributed by atoms with van der Waals surface area (Å²) in [5.41, 5.74) is 15.3. The second kappa shape index (κ2) is 21.3. The number of nitrogens with zero attached hydrogens (tertiary/aromatic N) is 6. The van der Waals surface area contributed by atoms with Crippen LogP contribution in [0.3, 0.4) is 0 Å². The van der Waals surface area contributed by atoms with E-state index >= 15 is 0 Å². The summed E-state index contributed by atoms with van der Waals surface area (Å²) in [5.74, 6) is 0.601. The van der Waals surface area contributed by atoms with Gasteiger partial charge >= 0.3 is 0 Å². The standard InChI is InChI=1S/C55H44N6.C2H4/c1-4-19-48(46(5-2)41-23-15-25-43(36-41)53-49(28-17-34-58-53)51-30-11-13-32-56-51)55(61-39(3)40-20-7-6-8-21-40)60-38-45-22-9-10-27-47(45)42-24-16-26-44(37-42)54-50(29-18-35-59-54)52-31-12-14-33-57-52;1-2/h4-37H,1,38H2,2-3H3;1-2H2/b46-5-,48-19+,60-55?,61-39?;. The van der Waals surface area contributed by atoms with Gasteiger partial charge in [-0.05, 0) is 108 Å². The third-order valence-corrected chi connectivity index (χ3v) is 10.4. The molecule has 0 aliphatic heterocycles. The quantitative estimate of drug-likeness (QED) is 0.0533. The zero-order valence-electron chi connectivity index (χ0n) is 35.6. The van der Waals surface area contributed by atoms with E-state index in [9.17, 15) is 0 Å². The third-order valence-electron chi connectivity index (χ3n) is 10.4. The van der Waals surface area contributed by atoms with E-state index in [-0.39, 0.29) is 0 Å². The second-order valence-electron chi connectivity index (χ2n) is 14.3.